The van der Waals surface area contributed by atoms with Gasteiger partial charge in [0.1, 0.15) is 5.69 Å². The molecule has 0 radical (unpaired) electrons. The van der Waals surface area contributed by atoms with Crippen molar-refractivity contribution in [3.8, 4) is 0 Å². The molecule has 0 unspecified atom stereocenters. The number of aromatic nitrogens is 1. The second kappa shape index (κ2) is 8.21. The second-order valence-corrected chi connectivity index (χ2v) is 5.27. The quantitative estimate of drug-likeness (QED) is 0.787. The Balaban J connectivity index is 2.20. The number of carbonyl (C=O) groups is 1. The molecule has 100 valence electrons. The van der Waals surface area contributed by atoms with E-state index in [2.05, 4.69) is 40.1 Å². The first-order valence-electron chi connectivity index (χ1n) is 6.07. The highest BCUT2D eigenvalue weighted by Gasteiger charge is 2.09. The fraction of sp³-hybridized carbons (Fsp3) is 0.538. The van der Waals surface area contributed by atoms with Crippen molar-refractivity contribution in [1.29, 1.82) is 0 Å². The SMILES string of the molecule is CC(C)COCCCNC(=O)c1ncccc1Br. The van der Waals surface area contributed by atoms with Gasteiger partial charge in [0.2, 0.25) is 0 Å². The molecule has 0 aliphatic rings. The molecule has 4 nitrogen and oxygen atoms in total. The lowest BCUT2D eigenvalue weighted by atomic mass is 10.2. The summed E-state index contributed by atoms with van der Waals surface area (Å²) in [4.78, 5) is 15.8. The number of nitrogens with one attached hydrogen (secondary N) is 1. The van der Waals surface area contributed by atoms with Crippen LogP contribution in [0.15, 0.2) is 22.8 Å². The van der Waals surface area contributed by atoms with Crippen LogP contribution in [0.5, 0.6) is 0 Å². The number of pyridine rings is 1. The monoisotopic (exact) mass is 314 g/mol. The minimum Gasteiger partial charge on any atom is -0.381 e. The van der Waals surface area contributed by atoms with Gasteiger partial charge in [0, 0.05) is 30.4 Å². The lowest BCUT2D eigenvalue weighted by Gasteiger charge is -2.08. The second-order valence-electron chi connectivity index (χ2n) is 4.41. The molecule has 1 rings (SSSR count). The van der Waals surface area contributed by atoms with Crippen molar-refractivity contribution in [2.24, 2.45) is 5.92 Å². The van der Waals surface area contributed by atoms with E-state index in [0.29, 0.717) is 29.2 Å². The van der Waals surface area contributed by atoms with Crippen LogP contribution in [-0.2, 0) is 4.74 Å². The van der Waals surface area contributed by atoms with Crippen LogP contribution in [0.2, 0.25) is 0 Å². The van der Waals surface area contributed by atoms with Gasteiger partial charge in [-0.3, -0.25) is 4.79 Å². The van der Waals surface area contributed by atoms with E-state index < -0.39 is 0 Å². The zero-order valence-corrected chi connectivity index (χ0v) is 12.4. The Hall–Kier alpha value is -0.940. The predicted octanol–water partition coefficient (Wildman–Crippen LogP) is 2.64. The van der Waals surface area contributed by atoms with Crippen molar-refractivity contribution in [3.63, 3.8) is 0 Å². The van der Waals surface area contributed by atoms with E-state index in [1.807, 2.05) is 0 Å². The zero-order chi connectivity index (χ0) is 13.4. The van der Waals surface area contributed by atoms with Crippen molar-refractivity contribution in [2.45, 2.75) is 20.3 Å². The molecular formula is C13H19BrN2O2. The van der Waals surface area contributed by atoms with Crippen LogP contribution < -0.4 is 5.32 Å². The minimum atomic E-state index is -0.161. The highest BCUT2D eigenvalue weighted by atomic mass is 79.9. The van der Waals surface area contributed by atoms with Gasteiger partial charge in [0.05, 0.1) is 0 Å². The van der Waals surface area contributed by atoms with Gasteiger partial charge in [-0.15, -0.1) is 0 Å². The Morgan fingerprint density at radius 1 is 1.56 bits per heavy atom. The molecule has 0 bridgehead atoms. The maximum Gasteiger partial charge on any atom is 0.271 e. The van der Waals surface area contributed by atoms with E-state index in [1.165, 1.54) is 0 Å². The number of nitrogens with zero attached hydrogens (tertiary/aromatic N) is 1. The number of rotatable bonds is 7. The molecule has 0 saturated carbocycles. The highest BCUT2D eigenvalue weighted by Crippen LogP contribution is 2.12. The van der Waals surface area contributed by atoms with Crippen LogP contribution in [0, 0.1) is 5.92 Å². The third-order valence-electron chi connectivity index (χ3n) is 2.18. The van der Waals surface area contributed by atoms with Gasteiger partial charge in [-0.2, -0.15) is 0 Å². The Labute approximate surface area is 116 Å². The number of amides is 1. The smallest absolute Gasteiger partial charge is 0.271 e. The van der Waals surface area contributed by atoms with Crippen molar-refractivity contribution < 1.29 is 9.53 Å². The van der Waals surface area contributed by atoms with Crippen LogP contribution >= 0.6 is 15.9 Å². The summed E-state index contributed by atoms with van der Waals surface area (Å²) < 4.78 is 6.14. The van der Waals surface area contributed by atoms with E-state index in [9.17, 15) is 4.79 Å². The van der Waals surface area contributed by atoms with Crippen molar-refractivity contribution in [3.05, 3.63) is 28.5 Å². The first kappa shape index (κ1) is 15.1. The molecule has 1 amide bonds. The largest absolute Gasteiger partial charge is 0.381 e. The fourth-order valence-electron chi connectivity index (χ4n) is 1.33. The standard InChI is InChI=1S/C13H19BrN2O2/c1-10(2)9-18-8-4-7-16-13(17)12-11(14)5-3-6-15-12/h3,5-6,10H,4,7-9H2,1-2H3,(H,16,17). The number of hydrogen-bond donors (Lipinski definition) is 1. The average molecular weight is 315 g/mol. The Kier molecular flexibility index (Phi) is 6.90. The van der Waals surface area contributed by atoms with Crippen LogP contribution in [0.4, 0.5) is 0 Å². The average Bonchev–Trinajstić information content (AvgIpc) is 2.33. The molecule has 5 heteroatoms. The van der Waals surface area contributed by atoms with Crippen LogP contribution in [0.25, 0.3) is 0 Å². The van der Waals surface area contributed by atoms with E-state index in [4.69, 9.17) is 4.74 Å². The number of carbonyl (C=O) groups excluding carboxylic acids is 1. The maximum absolute atomic E-state index is 11.8. The molecule has 1 N–H and O–H groups in total. The van der Waals surface area contributed by atoms with Gasteiger partial charge in [0.15, 0.2) is 0 Å². The molecular weight excluding hydrogens is 296 g/mol. The number of halogens is 1. The lowest BCUT2D eigenvalue weighted by molar-refractivity contribution is 0.0920. The predicted molar refractivity (Wildman–Crippen MR) is 74.5 cm³/mol. The molecule has 0 atom stereocenters. The Morgan fingerprint density at radius 2 is 2.33 bits per heavy atom. The summed E-state index contributed by atoms with van der Waals surface area (Å²) in [5.41, 5.74) is 0.417. The third-order valence-corrected chi connectivity index (χ3v) is 2.82. The van der Waals surface area contributed by atoms with Gasteiger partial charge in [-0.1, -0.05) is 13.8 Å². The van der Waals surface area contributed by atoms with Gasteiger partial charge < -0.3 is 10.1 Å². The van der Waals surface area contributed by atoms with Crippen LogP contribution in [0.1, 0.15) is 30.8 Å². The van der Waals surface area contributed by atoms with Gasteiger partial charge in [0.25, 0.3) is 5.91 Å². The van der Waals surface area contributed by atoms with E-state index in [0.717, 1.165) is 13.0 Å². The fourth-order valence-corrected chi connectivity index (χ4v) is 1.77. The summed E-state index contributed by atoms with van der Waals surface area (Å²) in [6.07, 6.45) is 2.41. The molecule has 0 saturated heterocycles. The summed E-state index contributed by atoms with van der Waals surface area (Å²) in [6, 6.07) is 3.58. The minimum absolute atomic E-state index is 0.161. The molecule has 0 aromatic carbocycles. The number of ether oxygens (including phenoxy) is 1. The van der Waals surface area contributed by atoms with E-state index in [-0.39, 0.29) is 5.91 Å². The van der Waals surface area contributed by atoms with Crippen molar-refractivity contribution in [1.82, 2.24) is 10.3 Å². The maximum atomic E-state index is 11.8. The van der Waals surface area contributed by atoms with Crippen LogP contribution in [-0.4, -0.2) is 30.6 Å². The van der Waals surface area contributed by atoms with Crippen molar-refractivity contribution in [2.75, 3.05) is 19.8 Å². The van der Waals surface area contributed by atoms with Gasteiger partial charge >= 0.3 is 0 Å². The lowest BCUT2D eigenvalue weighted by Crippen LogP contribution is -2.26. The zero-order valence-electron chi connectivity index (χ0n) is 10.8. The normalized spacial score (nSPS) is 10.7. The van der Waals surface area contributed by atoms with Crippen LogP contribution in [0.3, 0.4) is 0 Å². The number of hydrogen-bond acceptors (Lipinski definition) is 3. The summed E-state index contributed by atoms with van der Waals surface area (Å²) in [5.74, 6) is 0.385. The molecule has 0 fully saturated rings. The molecule has 0 spiro atoms. The first-order valence-corrected chi connectivity index (χ1v) is 6.87. The van der Waals surface area contributed by atoms with Gasteiger partial charge in [-0.05, 0) is 40.4 Å². The first-order chi connectivity index (χ1) is 8.61. The summed E-state index contributed by atoms with van der Waals surface area (Å²) in [6.45, 7) is 6.25. The molecule has 0 aliphatic heterocycles. The topological polar surface area (TPSA) is 51.2 Å². The van der Waals surface area contributed by atoms with Gasteiger partial charge in [-0.25, -0.2) is 4.98 Å². The molecule has 1 aromatic heterocycles. The van der Waals surface area contributed by atoms with E-state index in [1.54, 1.807) is 18.3 Å². The summed E-state index contributed by atoms with van der Waals surface area (Å²) in [5, 5.41) is 2.82. The third kappa shape index (κ3) is 5.60. The summed E-state index contributed by atoms with van der Waals surface area (Å²) in [7, 11) is 0. The molecule has 1 aromatic rings. The van der Waals surface area contributed by atoms with E-state index >= 15 is 0 Å². The Bertz CT molecular complexity index is 383. The summed E-state index contributed by atoms with van der Waals surface area (Å²) >= 11 is 3.30. The molecule has 0 aliphatic carbocycles. The van der Waals surface area contributed by atoms with Crippen molar-refractivity contribution >= 4 is 21.8 Å². The Morgan fingerprint density at radius 3 is 3.00 bits per heavy atom. The highest BCUT2D eigenvalue weighted by molar-refractivity contribution is 9.10. The molecule has 18 heavy (non-hydrogen) atoms. The molecule has 1 heterocycles.